The van der Waals surface area contributed by atoms with E-state index in [1.54, 1.807) is 48.5 Å². The fourth-order valence-electron chi connectivity index (χ4n) is 3.19. The Morgan fingerprint density at radius 2 is 1.82 bits per heavy atom. The van der Waals surface area contributed by atoms with Crippen LogP contribution in [-0.2, 0) is 11.3 Å². The first kappa shape index (κ1) is 23.7. The van der Waals surface area contributed by atoms with Crippen LogP contribution in [-0.4, -0.2) is 29.1 Å². The highest BCUT2D eigenvalue weighted by Crippen LogP contribution is 2.36. The van der Waals surface area contributed by atoms with Crippen molar-refractivity contribution in [3.63, 3.8) is 0 Å². The summed E-state index contributed by atoms with van der Waals surface area (Å²) in [4.78, 5) is 39.1. The molecule has 0 spiro atoms. The SMILES string of the molecule is COc1ccc(C(=O)Oc2ccc(Br)cc2/C=C2\SC(=O)N(Cc3ccccc3F)C2=O)cc1. The molecule has 1 aliphatic rings. The van der Waals surface area contributed by atoms with E-state index in [0.717, 1.165) is 16.7 Å². The van der Waals surface area contributed by atoms with Crippen LogP contribution in [0.25, 0.3) is 6.08 Å². The molecule has 0 aliphatic carbocycles. The van der Waals surface area contributed by atoms with Gasteiger partial charge in [-0.25, -0.2) is 9.18 Å². The highest BCUT2D eigenvalue weighted by atomic mass is 79.9. The van der Waals surface area contributed by atoms with E-state index in [-0.39, 0.29) is 22.8 Å². The summed E-state index contributed by atoms with van der Waals surface area (Å²) >= 11 is 4.11. The molecule has 0 N–H and O–H groups in total. The van der Waals surface area contributed by atoms with Gasteiger partial charge in [0.15, 0.2) is 0 Å². The zero-order valence-electron chi connectivity index (χ0n) is 17.8. The van der Waals surface area contributed by atoms with Crippen molar-refractivity contribution in [1.29, 1.82) is 0 Å². The minimum Gasteiger partial charge on any atom is -0.497 e. The van der Waals surface area contributed by atoms with E-state index in [1.807, 2.05) is 0 Å². The van der Waals surface area contributed by atoms with Gasteiger partial charge in [-0.05, 0) is 66.4 Å². The van der Waals surface area contributed by atoms with E-state index in [4.69, 9.17) is 9.47 Å². The lowest BCUT2D eigenvalue weighted by atomic mass is 10.1. The van der Waals surface area contributed by atoms with Crippen LogP contribution in [0.15, 0.2) is 76.1 Å². The summed E-state index contributed by atoms with van der Waals surface area (Å²) in [6, 6.07) is 17.4. The largest absolute Gasteiger partial charge is 0.497 e. The Bertz CT molecular complexity index is 1310. The van der Waals surface area contributed by atoms with E-state index >= 15 is 0 Å². The van der Waals surface area contributed by atoms with Crippen LogP contribution in [0.5, 0.6) is 11.5 Å². The van der Waals surface area contributed by atoms with Crippen molar-refractivity contribution in [3.05, 3.63) is 98.6 Å². The minimum atomic E-state index is -0.590. The molecule has 34 heavy (non-hydrogen) atoms. The van der Waals surface area contributed by atoms with Gasteiger partial charge in [-0.2, -0.15) is 0 Å². The normalized spacial score (nSPS) is 14.6. The average molecular weight is 542 g/mol. The van der Waals surface area contributed by atoms with Crippen molar-refractivity contribution < 1.29 is 28.2 Å². The number of esters is 1. The quantitative estimate of drug-likeness (QED) is 0.215. The van der Waals surface area contributed by atoms with Crippen LogP contribution in [0, 0.1) is 5.82 Å². The van der Waals surface area contributed by atoms with Crippen LogP contribution in [0.4, 0.5) is 9.18 Å². The molecule has 2 amide bonds. The number of methoxy groups -OCH3 is 1. The Kier molecular flexibility index (Phi) is 7.14. The summed E-state index contributed by atoms with van der Waals surface area (Å²) < 4.78 is 25.3. The Morgan fingerprint density at radius 3 is 2.53 bits per heavy atom. The average Bonchev–Trinajstić information content (AvgIpc) is 3.09. The number of carbonyl (C=O) groups excluding carboxylic acids is 3. The predicted octanol–water partition coefficient (Wildman–Crippen LogP) is 6.05. The van der Waals surface area contributed by atoms with Crippen molar-refractivity contribution in [1.82, 2.24) is 4.90 Å². The topological polar surface area (TPSA) is 72.9 Å². The van der Waals surface area contributed by atoms with Gasteiger partial charge in [-0.1, -0.05) is 34.1 Å². The molecule has 4 rings (SSSR count). The third-order valence-electron chi connectivity index (χ3n) is 4.95. The third kappa shape index (κ3) is 5.21. The Labute approximate surface area is 207 Å². The number of amides is 2. The molecule has 6 nitrogen and oxygen atoms in total. The van der Waals surface area contributed by atoms with Crippen LogP contribution < -0.4 is 9.47 Å². The van der Waals surface area contributed by atoms with Gasteiger partial charge in [-0.3, -0.25) is 14.5 Å². The Balaban J connectivity index is 1.58. The van der Waals surface area contributed by atoms with E-state index in [2.05, 4.69) is 15.9 Å². The second kappa shape index (κ2) is 10.2. The second-order valence-electron chi connectivity index (χ2n) is 7.16. The number of ether oxygens (including phenoxy) is 2. The molecule has 172 valence electrons. The number of benzene rings is 3. The summed E-state index contributed by atoms with van der Waals surface area (Å²) in [6.07, 6.45) is 1.48. The van der Waals surface area contributed by atoms with Gasteiger partial charge in [0.25, 0.3) is 11.1 Å². The van der Waals surface area contributed by atoms with Crippen molar-refractivity contribution in [3.8, 4) is 11.5 Å². The van der Waals surface area contributed by atoms with Crippen molar-refractivity contribution in [2.75, 3.05) is 7.11 Å². The zero-order valence-corrected chi connectivity index (χ0v) is 20.2. The fraction of sp³-hybridized carbons (Fsp3) is 0.0800. The molecular weight excluding hydrogens is 525 g/mol. The molecule has 0 saturated carbocycles. The molecule has 1 aliphatic heterocycles. The van der Waals surface area contributed by atoms with Gasteiger partial charge in [0.1, 0.15) is 17.3 Å². The fourth-order valence-corrected chi connectivity index (χ4v) is 4.39. The molecule has 0 aromatic heterocycles. The molecule has 0 bridgehead atoms. The molecule has 1 saturated heterocycles. The van der Waals surface area contributed by atoms with Crippen LogP contribution >= 0.6 is 27.7 Å². The summed E-state index contributed by atoms with van der Waals surface area (Å²) in [5.41, 5.74) is 0.982. The highest BCUT2D eigenvalue weighted by molar-refractivity contribution is 9.10. The molecule has 0 radical (unpaired) electrons. The van der Waals surface area contributed by atoms with Crippen molar-refractivity contribution in [2.24, 2.45) is 0 Å². The maximum Gasteiger partial charge on any atom is 0.343 e. The maximum absolute atomic E-state index is 14.0. The van der Waals surface area contributed by atoms with Crippen molar-refractivity contribution in [2.45, 2.75) is 6.54 Å². The molecule has 1 heterocycles. The van der Waals surface area contributed by atoms with Crippen LogP contribution in [0.3, 0.4) is 0 Å². The molecule has 0 atom stereocenters. The standard InChI is InChI=1S/C25H17BrFNO5S/c1-32-19-9-6-15(7-10-19)24(30)33-21-11-8-18(26)12-17(21)13-22-23(29)28(25(31)34-22)14-16-4-2-3-5-20(16)27/h2-13H,14H2,1H3/b22-13-. The molecule has 1 fully saturated rings. The lowest BCUT2D eigenvalue weighted by Crippen LogP contribution is -2.27. The lowest BCUT2D eigenvalue weighted by Gasteiger charge is -2.13. The molecule has 0 unspecified atom stereocenters. The van der Waals surface area contributed by atoms with E-state index in [0.29, 0.717) is 21.3 Å². The molecule has 3 aromatic carbocycles. The first-order chi connectivity index (χ1) is 16.4. The zero-order chi connectivity index (χ0) is 24.2. The summed E-state index contributed by atoms with van der Waals surface area (Å²) in [5.74, 6) is -0.819. The highest BCUT2D eigenvalue weighted by Gasteiger charge is 2.35. The second-order valence-corrected chi connectivity index (χ2v) is 9.07. The van der Waals surface area contributed by atoms with E-state index in [1.165, 1.54) is 31.4 Å². The van der Waals surface area contributed by atoms with Gasteiger partial charge in [0.2, 0.25) is 0 Å². The van der Waals surface area contributed by atoms with Crippen LogP contribution in [0.2, 0.25) is 0 Å². The first-order valence-electron chi connectivity index (χ1n) is 10.0. The number of hydrogen-bond donors (Lipinski definition) is 0. The lowest BCUT2D eigenvalue weighted by molar-refractivity contribution is -0.123. The summed E-state index contributed by atoms with van der Waals surface area (Å²) in [7, 11) is 1.53. The molecule has 3 aromatic rings. The molecular formula is C25H17BrFNO5S. The maximum atomic E-state index is 14.0. The van der Waals surface area contributed by atoms with Gasteiger partial charge in [-0.15, -0.1) is 0 Å². The summed E-state index contributed by atoms with van der Waals surface area (Å²) in [6.45, 7) is -0.174. The molecule has 9 heteroatoms. The number of hydrogen-bond acceptors (Lipinski definition) is 6. The Hall–Kier alpha value is -3.43. The number of rotatable bonds is 6. The number of imide groups is 1. The number of nitrogens with zero attached hydrogens (tertiary/aromatic N) is 1. The first-order valence-corrected chi connectivity index (χ1v) is 11.6. The third-order valence-corrected chi connectivity index (χ3v) is 6.35. The minimum absolute atomic E-state index is 0.140. The van der Waals surface area contributed by atoms with Crippen LogP contribution in [0.1, 0.15) is 21.5 Å². The number of thioether (sulfide) groups is 1. The Morgan fingerprint density at radius 1 is 1.09 bits per heavy atom. The van der Waals surface area contributed by atoms with Gasteiger partial charge in [0.05, 0.1) is 24.1 Å². The van der Waals surface area contributed by atoms with E-state index < -0.39 is 22.9 Å². The van der Waals surface area contributed by atoms with E-state index in [9.17, 15) is 18.8 Å². The van der Waals surface area contributed by atoms with Crippen molar-refractivity contribution >= 4 is 50.9 Å². The summed E-state index contributed by atoms with van der Waals surface area (Å²) in [5, 5.41) is -0.508. The van der Waals surface area contributed by atoms with Gasteiger partial charge in [0, 0.05) is 15.6 Å². The number of halogens is 2. The van der Waals surface area contributed by atoms with Gasteiger partial charge < -0.3 is 9.47 Å². The number of carbonyl (C=O) groups is 3. The predicted molar refractivity (Wildman–Crippen MR) is 130 cm³/mol. The van der Waals surface area contributed by atoms with Gasteiger partial charge >= 0.3 is 5.97 Å². The monoisotopic (exact) mass is 541 g/mol. The smallest absolute Gasteiger partial charge is 0.343 e.